The summed E-state index contributed by atoms with van der Waals surface area (Å²) in [5.74, 6) is 3.03. The monoisotopic (exact) mass is 216 g/mol. The van der Waals surface area contributed by atoms with Crippen LogP contribution in [0, 0.1) is 18.3 Å². The van der Waals surface area contributed by atoms with Crippen molar-refractivity contribution in [2.45, 2.75) is 13.0 Å². The van der Waals surface area contributed by atoms with E-state index in [-0.39, 0.29) is 6.04 Å². The molecule has 1 aromatic rings. The van der Waals surface area contributed by atoms with Gasteiger partial charge < -0.3 is 5.73 Å². The minimum Gasteiger partial charge on any atom is -0.324 e. The summed E-state index contributed by atoms with van der Waals surface area (Å²) in [6.45, 7) is 3.75. The Kier molecular flexibility index (Phi) is 5.04. The zero-order valence-corrected chi connectivity index (χ0v) is 10.1. The number of rotatable bonds is 5. The molecule has 2 unspecified atom stereocenters. The molecule has 0 amide bonds. The molecule has 2 N–H and O–H groups in total. The Hall–Kier alpha value is -1.30. The molecule has 2 atom stereocenters. The molecule has 0 aromatic heterocycles. The summed E-state index contributed by atoms with van der Waals surface area (Å²) in [5.41, 5.74) is 7.39. The number of benzene rings is 1. The van der Waals surface area contributed by atoms with Crippen LogP contribution in [0.2, 0.25) is 0 Å². The third-order valence-corrected chi connectivity index (χ3v) is 2.76. The lowest BCUT2D eigenvalue weighted by Crippen LogP contribution is -2.31. The van der Waals surface area contributed by atoms with Crippen LogP contribution in [-0.2, 0) is 0 Å². The van der Waals surface area contributed by atoms with Crippen molar-refractivity contribution in [1.82, 2.24) is 4.90 Å². The second-order valence-corrected chi connectivity index (χ2v) is 4.31. The quantitative estimate of drug-likeness (QED) is 0.762. The van der Waals surface area contributed by atoms with E-state index >= 15 is 0 Å². The van der Waals surface area contributed by atoms with Crippen LogP contribution < -0.4 is 5.73 Å². The van der Waals surface area contributed by atoms with Gasteiger partial charge in [-0.15, -0.1) is 6.42 Å². The second kappa shape index (κ2) is 6.32. The van der Waals surface area contributed by atoms with Crippen LogP contribution in [0.4, 0.5) is 0 Å². The molecule has 0 saturated carbocycles. The van der Waals surface area contributed by atoms with Gasteiger partial charge in [0.1, 0.15) is 0 Å². The Morgan fingerprint density at radius 2 is 2.00 bits per heavy atom. The average molecular weight is 216 g/mol. The molecule has 0 aliphatic carbocycles. The van der Waals surface area contributed by atoms with Gasteiger partial charge in [0, 0.05) is 12.6 Å². The first kappa shape index (κ1) is 12.8. The molecule has 1 rings (SSSR count). The molecule has 0 aliphatic rings. The van der Waals surface area contributed by atoms with Gasteiger partial charge in [0.25, 0.3) is 0 Å². The second-order valence-electron chi connectivity index (χ2n) is 4.31. The maximum atomic E-state index is 6.20. The minimum atomic E-state index is 0.0708. The van der Waals surface area contributed by atoms with Crippen molar-refractivity contribution in [3.63, 3.8) is 0 Å². The lowest BCUT2D eigenvalue weighted by Gasteiger charge is -2.24. The van der Waals surface area contributed by atoms with Gasteiger partial charge in [-0.25, -0.2) is 0 Å². The van der Waals surface area contributed by atoms with Crippen LogP contribution in [0.15, 0.2) is 30.3 Å². The van der Waals surface area contributed by atoms with E-state index in [4.69, 9.17) is 12.2 Å². The van der Waals surface area contributed by atoms with Crippen molar-refractivity contribution in [3.05, 3.63) is 35.9 Å². The molecule has 1 aromatic carbocycles. The summed E-state index contributed by atoms with van der Waals surface area (Å²) >= 11 is 0. The van der Waals surface area contributed by atoms with E-state index in [1.165, 1.54) is 5.56 Å². The molecule has 0 aliphatic heterocycles. The molecule has 0 fully saturated rings. The number of hydrogen-bond donors (Lipinski definition) is 1. The number of nitrogens with two attached hydrogens (primary N) is 1. The zero-order valence-electron chi connectivity index (χ0n) is 10.1. The summed E-state index contributed by atoms with van der Waals surface area (Å²) in [5, 5.41) is 0. The third kappa shape index (κ3) is 3.69. The maximum Gasteiger partial charge on any atom is 0.0596 e. The van der Waals surface area contributed by atoms with Crippen LogP contribution >= 0.6 is 0 Å². The summed E-state index contributed by atoms with van der Waals surface area (Å²) in [4.78, 5) is 2.12. The van der Waals surface area contributed by atoms with Crippen molar-refractivity contribution >= 4 is 0 Å². The highest BCUT2D eigenvalue weighted by atomic mass is 15.1. The Morgan fingerprint density at radius 1 is 1.38 bits per heavy atom. The molecule has 2 nitrogen and oxygen atoms in total. The molecule has 0 heterocycles. The fraction of sp³-hybridized carbons (Fsp3) is 0.429. The van der Waals surface area contributed by atoms with Crippen molar-refractivity contribution in [3.8, 4) is 12.3 Å². The highest BCUT2D eigenvalue weighted by Crippen LogP contribution is 2.19. The van der Waals surface area contributed by atoms with E-state index in [1.807, 2.05) is 25.2 Å². The van der Waals surface area contributed by atoms with E-state index in [1.54, 1.807) is 0 Å². The summed E-state index contributed by atoms with van der Waals surface area (Å²) < 4.78 is 0. The number of nitrogens with zero attached hydrogens (tertiary/aromatic N) is 1. The Bertz CT molecular complexity index is 340. The van der Waals surface area contributed by atoms with E-state index in [9.17, 15) is 0 Å². The average Bonchev–Trinajstić information content (AvgIpc) is 2.29. The Morgan fingerprint density at radius 3 is 2.56 bits per heavy atom. The highest BCUT2D eigenvalue weighted by Gasteiger charge is 2.15. The Balaban J connectivity index is 2.55. The van der Waals surface area contributed by atoms with Gasteiger partial charge in [0.15, 0.2) is 0 Å². The van der Waals surface area contributed by atoms with Gasteiger partial charge in [-0.2, -0.15) is 0 Å². The lowest BCUT2D eigenvalue weighted by atomic mass is 9.95. The van der Waals surface area contributed by atoms with Crippen LogP contribution in [-0.4, -0.2) is 25.0 Å². The predicted molar refractivity (Wildman–Crippen MR) is 68.9 cm³/mol. The molecular formula is C14H20N2. The molecule has 86 valence electrons. The van der Waals surface area contributed by atoms with E-state index in [2.05, 4.69) is 29.9 Å². The molecule has 0 radical (unpaired) electrons. The van der Waals surface area contributed by atoms with Crippen molar-refractivity contribution in [2.24, 2.45) is 11.7 Å². The SMILES string of the molecule is C#CCN(C)CC(C)C(N)c1ccccc1. The highest BCUT2D eigenvalue weighted by molar-refractivity contribution is 5.19. The van der Waals surface area contributed by atoms with E-state index in [0.717, 1.165) is 6.54 Å². The molecule has 16 heavy (non-hydrogen) atoms. The van der Waals surface area contributed by atoms with E-state index < -0.39 is 0 Å². The van der Waals surface area contributed by atoms with Crippen molar-refractivity contribution in [1.29, 1.82) is 0 Å². The van der Waals surface area contributed by atoms with Gasteiger partial charge in [-0.1, -0.05) is 43.2 Å². The van der Waals surface area contributed by atoms with E-state index in [0.29, 0.717) is 12.5 Å². The van der Waals surface area contributed by atoms with Gasteiger partial charge in [-0.05, 0) is 18.5 Å². The summed E-state index contributed by atoms with van der Waals surface area (Å²) in [6, 6.07) is 10.3. The standard InChI is InChI=1S/C14H20N2/c1-4-10-16(3)11-12(2)14(15)13-8-6-5-7-9-13/h1,5-9,12,14H,10-11,15H2,2-3H3. The summed E-state index contributed by atoms with van der Waals surface area (Å²) in [6.07, 6.45) is 5.27. The normalized spacial score (nSPS) is 14.4. The van der Waals surface area contributed by atoms with Gasteiger partial charge in [-0.3, -0.25) is 4.90 Å². The first-order chi connectivity index (χ1) is 7.65. The topological polar surface area (TPSA) is 29.3 Å². The van der Waals surface area contributed by atoms with Crippen LogP contribution in [0.5, 0.6) is 0 Å². The fourth-order valence-corrected chi connectivity index (χ4v) is 1.83. The molecule has 0 saturated heterocycles. The number of terminal acetylenes is 1. The van der Waals surface area contributed by atoms with Crippen molar-refractivity contribution < 1.29 is 0 Å². The third-order valence-electron chi connectivity index (χ3n) is 2.76. The molecule has 2 heteroatoms. The van der Waals surface area contributed by atoms with Crippen LogP contribution in [0.25, 0.3) is 0 Å². The van der Waals surface area contributed by atoms with Gasteiger partial charge >= 0.3 is 0 Å². The summed E-state index contributed by atoms with van der Waals surface area (Å²) in [7, 11) is 2.02. The van der Waals surface area contributed by atoms with Crippen LogP contribution in [0.3, 0.4) is 0 Å². The zero-order chi connectivity index (χ0) is 12.0. The Labute approximate surface area is 98.4 Å². The molecule has 0 bridgehead atoms. The van der Waals surface area contributed by atoms with Gasteiger partial charge in [0.2, 0.25) is 0 Å². The predicted octanol–water partition coefficient (Wildman–Crippen LogP) is 1.89. The van der Waals surface area contributed by atoms with Crippen molar-refractivity contribution in [2.75, 3.05) is 20.1 Å². The smallest absolute Gasteiger partial charge is 0.0596 e. The largest absolute Gasteiger partial charge is 0.324 e. The number of hydrogen-bond acceptors (Lipinski definition) is 2. The molecule has 0 spiro atoms. The van der Waals surface area contributed by atoms with Gasteiger partial charge in [0.05, 0.1) is 6.54 Å². The minimum absolute atomic E-state index is 0.0708. The first-order valence-corrected chi connectivity index (χ1v) is 5.57. The molecular weight excluding hydrogens is 196 g/mol. The first-order valence-electron chi connectivity index (χ1n) is 5.57. The van der Waals surface area contributed by atoms with Crippen LogP contribution in [0.1, 0.15) is 18.5 Å². The lowest BCUT2D eigenvalue weighted by molar-refractivity contribution is 0.289. The maximum absolute atomic E-state index is 6.20. The fourth-order valence-electron chi connectivity index (χ4n) is 1.83.